The Bertz CT molecular complexity index is 316. The van der Waals surface area contributed by atoms with Crippen LogP contribution in [0.1, 0.15) is 33.1 Å². The number of carboxylic acid groups (broad SMARTS) is 1. The number of hydrogen-bond donors (Lipinski definition) is 1. The average molecular weight is 340 g/mol. The van der Waals surface area contributed by atoms with Gasteiger partial charge in [-0.25, -0.2) is 0 Å². The highest BCUT2D eigenvalue weighted by Gasteiger charge is 2.72. The van der Waals surface area contributed by atoms with E-state index in [0.29, 0.717) is 11.2 Å². The van der Waals surface area contributed by atoms with Crippen molar-refractivity contribution < 1.29 is 9.90 Å². The molecule has 0 aromatic carbocycles. The Hall–Kier alpha value is 0.430. The molecule has 3 unspecified atom stereocenters. The number of alkyl halides is 2. The minimum absolute atomic E-state index is 0.0488. The van der Waals surface area contributed by atoms with Crippen LogP contribution in [-0.4, -0.2) is 20.7 Å². The van der Waals surface area contributed by atoms with E-state index in [1.165, 1.54) is 0 Å². The molecule has 4 heteroatoms. The summed E-state index contributed by atoms with van der Waals surface area (Å²) < 4.78 is -0.304. The van der Waals surface area contributed by atoms with E-state index in [2.05, 4.69) is 45.7 Å². The van der Waals surface area contributed by atoms with Crippen LogP contribution in [0.5, 0.6) is 0 Å². The van der Waals surface area contributed by atoms with E-state index >= 15 is 0 Å². The fourth-order valence-electron chi connectivity index (χ4n) is 3.63. The third-order valence-electron chi connectivity index (χ3n) is 4.91. The van der Waals surface area contributed by atoms with E-state index in [9.17, 15) is 9.90 Å². The molecule has 0 saturated heterocycles. The number of halogens is 2. The zero-order valence-corrected chi connectivity index (χ0v) is 12.2. The van der Waals surface area contributed by atoms with E-state index in [0.717, 1.165) is 19.3 Å². The molecule has 0 radical (unpaired) electrons. The summed E-state index contributed by atoms with van der Waals surface area (Å²) in [5.74, 6) is -0.0996. The van der Waals surface area contributed by atoms with Gasteiger partial charge in [0.25, 0.3) is 0 Å². The molecule has 2 aliphatic carbocycles. The van der Waals surface area contributed by atoms with Crippen molar-refractivity contribution in [1.29, 1.82) is 0 Å². The molecule has 0 aromatic heterocycles. The second kappa shape index (κ2) is 3.22. The average Bonchev–Trinajstić information content (AvgIpc) is 2.67. The van der Waals surface area contributed by atoms with Gasteiger partial charge in [0.1, 0.15) is 0 Å². The summed E-state index contributed by atoms with van der Waals surface area (Å²) in [7, 11) is 0. The van der Waals surface area contributed by atoms with Gasteiger partial charge in [-0.05, 0) is 30.6 Å². The molecule has 2 saturated carbocycles. The fraction of sp³-hybridized carbons (Fsp3) is 0.909. The number of hydrogen-bond acceptors (Lipinski definition) is 1. The summed E-state index contributed by atoms with van der Waals surface area (Å²) in [6.45, 7) is 4.38. The number of rotatable bonds is 2. The van der Waals surface area contributed by atoms with E-state index in [4.69, 9.17) is 0 Å². The molecule has 2 aliphatic rings. The smallest absolute Gasteiger partial charge is 0.311 e. The summed E-state index contributed by atoms with van der Waals surface area (Å²) in [4.78, 5) is 11.6. The van der Waals surface area contributed by atoms with Crippen LogP contribution in [0.25, 0.3) is 0 Å². The predicted molar refractivity (Wildman–Crippen MR) is 66.6 cm³/mol. The van der Waals surface area contributed by atoms with Crippen LogP contribution in [-0.2, 0) is 4.79 Å². The first kappa shape index (κ1) is 11.9. The highest BCUT2D eigenvalue weighted by Crippen LogP contribution is 2.71. The minimum Gasteiger partial charge on any atom is -0.481 e. The Morgan fingerprint density at radius 1 is 1.53 bits per heavy atom. The third-order valence-corrected chi connectivity index (χ3v) is 8.56. The van der Waals surface area contributed by atoms with Gasteiger partial charge in [0, 0.05) is 5.33 Å². The maximum atomic E-state index is 11.6. The van der Waals surface area contributed by atoms with Crippen molar-refractivity contribution in [3.8, 4) is 0 Å². The van der Waals surface area contributed by atoms with Crippen LogP contribution in [0, 0.1) is 16.7 Å². The van der Waals surface area contributed by atoms with E-state index in [-0.39, 0.29) is 9.74 Å². The molecule has 0 aromatic rings. The van der Waals surface area contributed by atoms with Crippen molar-refractivity contribution in [3.63, 3.8) is 0 Å². The normalized spacial score (nSPS) is 47.1. The molecule has 2 rings (SSSR count). The lowest BCUT2D eigenvalue weighted by molar-refractivity contribution is -0.150. The second-order valence-electron chi connectivity index (χ2n) is 5.48. The molecular weight excluding hydrogens is 324 g/mol. The molecule has 1 N–H and O–H groups in total. The van der Waals surface area contributed by atoms with E-state index < -0.39 is 11.4 Å². The van der Waals surface area contributed by atoms with Gasteiger partial charge >= 0.3 is 5.97 Å². The summed E-state index contributed by atoms with van der Waals surface area (Å²) in [5.41, 5.74) is -0.516. The lowest BCUT2D eigenvalue weighted by atomic mass is 9.64. The molecule has 2 fully saturated rings. The standard InChI is InChI=1S/C11H16Br2O2/c1-9(2)7-3-4-10(5-7,8(14)15)11(9,13)6-12/h7H,3-6H2,1-2H3,(H,14,15). The van der Waals surface area contributed by atoms with Crippen molar-refractivity contribution in [2.24, 2.45) is 16.7 Å². The molecule has 0 aliphatic heterocycles. The summed E-state index contributed by atoms with van der Waals surface area (Å²) in [6.07, 6.45) is 2.69. The minimum atomic E-state index is -0.633. The Labute approximate surface area is 107 Å². The van der Waals surface area contributed by atoms with E-state index in [1.54, 1.807) is 0 Å². The lowest BCUT2D eigenvalue weighted by Crippen LogP contribution is -2.55. The first-order chi connectivity index (χ1) is 6.82. The van der Waals surface area contributed by atoms with Crippen LogP contribution in [0.2, 0.25) is 0 Å². The topological polar surface area (TPSA) is 37.3 Å². The second-order valence-corrected chi connectivity index (χ2v) is 7.40. The van der Waals surface area contributed by atoms with Gasteiger partial charge in [-0.2, -0.15) is 0 Å². The molecular formula is C11H16Br2O2. The molecule has 15 heavy (non-hydrogen) atoms. The first-order valence-corrected chi connectivity index (χ1v) is 7.21. The van der Waals surface area contributed by atoms with Gasteiger partial charge in [0.2, 0.25) is 0 Å². The van der Waals surface area contributed by atoms with Gasteiger partial charge in [-0.15, -0.1) is 0 Å². The van der Waals surface area contributed by atoms with Gasteiger partial charge in [0.05, 0.1) is 9.74 Å². The van der Waals surface area contributed by atoms with Gasteiger partial charge in [-0.1, -0.05) is 45.7 Å². The quantitative estimate of drug-likeness (QED) is 0.782. The van der Waals surface area contributed by atoms with Crippen molar-refractivity contribution >= 4 is 37.8 Å². The maximum Gasteiger partial charge on any atom is 0.311 e. The monoisotopic (exact) mass is 338 g/mol. The molecule has 2 bridgehead atoms. The van der Waals surface area contributed by atoms with Crippen molar-refractivity contribution in [1.82, 2.24) is 0 Å². The van der Waals surface area contributed by atoms with Crippen LogP contribution >= 0.6 is 31.9 Å². The highest BCUT2D eigenvalue weighted by atomic mass is 79.9. The Balaban J connectivity index is 2.54. The zero-order valence-electron chi connectivity index (χ0n) is 9.02. The molecule has 2 nitrogen and oxygen atoms in total. The molecule has 3 atom stereocenters. The molecule has 86 valence electrons. The first-order valence-electron chi connectivity index (χ1n) is 5.30. The van der Waals surface area contributed by atoms with Gasteiger partial charge < -0.3 is 5.11 Å². The lowest BCUT2D eigenvalue weighted by Gasteiger charge is -2.49. The number of fused-ring (bicyclic) bond motifs is 2. The number of carboxylic acids is 1. The zero-order chi connectivity index (χ0) is 11.5. The fourth-order valence-corrected chi connectivity index (χ4v) is 5.74. The van der Waals surface area contributed by atoms with Crippen molar-refractivity contribution in [3.05, 3.63) is 0 Å². The SMILES string of the molecule is CC1(C)C2CCC(C(=O)O)(C2)C1(Br)CBr. The van der Waals surface area contributed by atoms with Crippen LogP contribution < -0.4 is 0 Å². The van der Waals surface area contributed by atoms with Crippen molar-refractivity contribution in [2.45, 2.75) is 37.4 Å². The maximum absolute atomic E-state index is 11.6. The highest BCUT2D eigenvalue weighted by molar-refractivity contribution is 9.12. The molecule has 0 amide bonds. The van der Waals surface area contributed by atoms with Crippen LogP contribution in [0.15, 0.2) is 0 Å². The largest absolute Gasteiger partial charge is 0.481 e. The summed E-state index contributed by atoms with van der Waals surface area (Å²) in [6, 6.07) is 0. The predicted octanol–water partition coefficient (Wildman–Crippen LogP) is 3.43. The van der Waals surface area contributed by atoms with Crippen LogP contribution in [0.4, 0.5) is 0 Å². The Kier molecular flexibility index (Phi) is 2.56. The van der Waals surface area contributed by atoms with Crippen molar-refractivity contribution in [2.75, 3.05) is 5.33 Å². The third kappa shape index (κ3) is 1.13. The Morgan fingerprint density at radius 2 is 2.13 bits per heavy atom. The summed E-state index contributed by atoms with van der Waals surface area (Å²) >= 11 is 7.26. The van der Waals surface area contributed by atoms with Gasteiger partial charge in [0.15, 0.2) is 0 Å². The van der Waals surface area contributed by atoms with E-state index in [1.807, 2.05) is 0 Å². The number of aliphatic carboxylic acids is 1. The van der Waals surface area contributed by atoms with Crippen LogP contribution in [0.3, 0.4) is 0 Å². The Morgan fingerprint density at radius 3 is 2.53 bits per heavy atom. The number of carbonyl (C=O) groups is 1. The summed E-state index contributed by atoms with van der Waals surface area (Å²) in [5, 5.41) is 10.2. The molecule has 0 heterocycles. The van der Waals surface area contributed by atoms with Gasteiger partial charge in [-0.3, -0.25) is 4.79 Å². The molecule has 0 spiro atoms.